The van der Waals surface area contributed by atoms with Gasteiger partial charge in [-0.3, -0.25) is 4.79 Å². The quantitative estimate of drug-likeness (QED) is 0.491. The summed E-state index contributed by atoms with van der Waals surface area (Å²) in [5.74, 6) is 1.32. The maximum Gasteiger partial charge on any atom is 0.224 e. The van der Waals surface area contributed by atoms with Crippen LogP contribution in [0, 0.1) is 0 Å². The topological polar surface area (TPSA) is 133 Å². The summed E-state index contributed by atoms with van der Waals surface area (Å²) in [4.78, 5) is 22.6. The lowest BCUT2D eigenvalue weighted by atomic mass is 9.91. The fourth-order valence-electron chi connectivity index (χ4n) is 3.68. The van der Waals surface area contributed by atoms with E-state index in [0.717, 1.165) is 25.7 Å². The maximum atomic E-state index is 12.2. The molecule has 1 aliphatic carbocycles. The maximum absolute atomic E-state index is 12.2. The number of hydrogen-bond donors (Lipinski definition) is 3. The smallest absolute Gasteiger partial charge is 0.224 e. The molecule has 0 radical (unpaired) electrons. The molecule has 2 heterocycles. The molecule has 1 aromatic carbocycles. The molecule has 0 unspecified atom stereocenters. The van der Waals surface area contributed by atoms with Crippen molar-refractivity contribution < 1.29 is 9.53 Å². The summed E-state index contributed by atoms with van der Waals surface area (Å²) < 4.78 is 5.41. The van der Waals surface area contributed by atoms with Gasteiger partial charge in [-0.1, -0.05) is 12.8 Å². The van der Waals surface area contributed by atoms with Crippen LogP contribution in [0.4, 0.5) is 17.5 Å². The van der Waals surface area contributed by atoms with Crippen LogP contribution in [-0.2, 0) is 0 Å². The third-order valence-electron chi connectivity index (χ3n) is 5.34. The van der Waals surface area contributed by atoms with E-state index in [1.807, 2.05) is 18.2 Å². The number of Topliss-reactive ketones (excluding diaryl/α,β-unsaturated/α-hetero) is 1. The fraction of sp³-hybridized carbons (Fsp3) is 0.381. The molecule has 1 saturated carbocycles. The number of ketones is 1. The molecule has 0 amide bonds. The number of carbonyl (C=O) groups is 1. The van der Waals surface area contributed by atoms with E-state index in [0.29, 0.717) is 34.5 Å². The Balaban J connectivity index is 1.65. The first-order chi connectivity index (χ1) is 15.0. The predicted molar refractivity (Wildman–Crippen MR) is 117 cm³/mol. The molecular formula is C21H26N8O2. The Labute approximate surface area is 180 Å². The van der Waals surface area contributed by atoms with Crippen LogP contribution in [0.15, 0.2) is 36.8 Å². The largest absolute Gasteiger partial charge is 0.497 e. The summed E-state index contributed by atoms with van der Waals surface area (Å²) in [5, 5.41) is 14.9. The molecule has 4 rings (SSSR count). The molecule has 4 N–H and O–H groups in total. The zero-order chi connectivity index (χ0) is 21.8. The number of rotatable bonds is 7. The molecule has 31 heavy (non-hydrogen) atoms. The van der Waals surface area contributed by atoms with Crippen LogP contribution in [0.5, 0.6) is 5.75 Å². The van der Waals surface area contributed by atoms with Crippen molar-refractivity contribution in [2.75, 3.05) is 17.7 Å². The molecule has 162 valence electrons. The summed E-state index contributed by atoms with van der Waals surface area (Å²) in [5.41, 5.74) is 8.01. The summed E-state index contributed by atoms with van der Waals surface area (Å²) in [6.45, 7) is 1.48. The Hall–Kier alpha value is -3.53. The lowest BCUT2D eigenvalue weighted by Gasteiger charge is -2.29. The van der Waals surface area contributed by atoms with Gasteiger partial charge in [0.05, 0.1) is 30.8 Å². The average Bonchev–Trinajstić information content (AvgIpc) is 3.30. The molecular weight excluding hydrogens is 396 g/mol. The number of hydrogen-bond acceptors (Lipinski definition) is 9. The molecule has 10 nitrogen and oxygen atoms in total. The van der Waals surface area contributed by atoms with Crippen LogP contribution in [-0.4, -0.2) is 49.9 Å². The van der Waals surface area contributed by atoms with Gasteiger partial charge in [0, 0.05) is 36.1 Å². The van der Waals surface area contributed by atoms with Gasteiger partial charge in [-0.15, -0.1) is 0 Å². The van der Waals surface area contributed by atoms with Gasteiger partial charge in [-0.05, 0) is 25.8 Å². The molecule has 1 fully saturated rings. The summed E-state index contributed by atoms with van der Waals surface area (Å²) in [6.07, 6.45) is 8.93. The van der Waals surface area contributed by atoms with E-state index in [-0.39, 0.29) is 17.9 Å². The molecule has 0 saturated heterocycles. The normalized spacial score (nSPS) is 18.4. The monoisotopic (exact) mass is 422 g/mol. The van der Waals surface area contributed by atoms with E-state index in [9.17, 15) is 4.79 Å². The van der Waals surface area contributed by atoms with Gasteiger partial charge in [0.25, 0.3) is 0 Å². The van der Waals surface area contributed by atoms with Gasteiger partial charge in [-0.25, -0.2) is 4.98 Å². The minimum Gasteiger partial charge on any atom is -0.497 e. The summed E-state index contributed by atoms with van der Waals surface area (Å²) >= 11 is 0. The van der Waals surface area contributed by atoms with E-state index >= 15 is 0 Å². The number of methoxy groups -OCH3 is 1. The summed E-state index contributed by atoms with van der Waals surface area (Å²) in [7, 11) is 1.58. The molecule has 0 bridgehead atoms. The van der Waals surface area contributed by atoms with Gasteiger partial charge < -0.3 is 21.1 Å². The van der Waals surface area contributed by atoms with Crippen LogP contribution in [0.1, 0.15) is 43.0 Å². The molecule has 10 heteroatoms. The summed E-state index contributed by atoms with van der Waals surface area (Å²) in [6, 6.07) is 5.64. The first-order valence-electron chi connectivity index (χ1n) is 10.3. The van der Waals surface area contributed by atoms with Crippen molar-refractivity contribution in [2.24, 2.45) is 5.73 Å². The highest BCUT2D eigenvalue weighted by Crippen LogP contribution is 2.27. The van der Waals surface area contributed by atoms with Gasteiger partial charge in [-0.2, -0.15) is 20.0 Å². The Morgan fingerprint density at radius 1 is 1.19 bits per heavy atom. The molecule has 2 atom stereocenters. The highest BCUT2D eigenvalue weighted by molar-refractivity contribution is 5.99. The minimum atomic E-state index is -0.139. The second-order valence-corrected chi connectivity index (χ2v) is 7.57. The van der Waals surface area contributed by atoms with Crippen LogP contribution in [0.25, 0.3) is 5.69 Å². The Kier molecular flexibility index (Phi) is 6.08. The highest BCUT2D eigenvalue weighted by Gasteiger charge is 2.23. The van der Waals surface area contributed by atoms with E-state index in [4.69, 9.17) is 10.5 Å². The number of nitrogens with two attached hydrogens (primary N) is 1. The fourth-order valence-corrected chi connectivity index (χ4v) is 3.68. The molecule has 2 aromatic heterocycles. The van der Waals surface area contributed by atoms with Gasteiger partial charge in [0.15, 0.2) is 5.78 Å². The van der Waals surface area contributed by atoms with Gasteiger partial charge in [0.1, 0.15) is 11.6 Å². The minimum absolute atomic E-state index is 0.0590. The number of aromatic nitrogens is 5. The lowest BCUT2D eigenvalue weighted by Crippen LogP contribution is -2.43. The first-order valence-corrected chi connectivity index (χ1v) is 10.3. The van der Waals surface area contributed by atoms with Crippen molar-refractivity contribution >= 4 is 23.2 Å². The van der Waals surface area contributed by atoms with Crippen LogP contribution >= 0.6 is 0 Å². The number of carbonyl (C=O) groups excluding carboxylic acids is 1. The van der Waals surface area contributed by atoms with Crippen molar-refractivity contribution in [3.05, 3.63) is 42.4 Å². The molecule has 0 spiro atoms. The zero-order valence-corrected chi connectivity index (χ0v) is 17.6. The van der Waals surface area contributed by atoms with Crippen molar-refractivity contribution in [3.63, 3.8) is 0 Å². The second kappa shape index (κ2) is 9.09. The average molecular weight is 422 g/mol. The molecule has 3 aromatic rings. The first kappa shape index (κ1) is 20.7. The van der Waals surface area contributed by atoms with Crippen molar-refractivity contribution in [1.29, 1.82) is 0 Å². The van der Waals surface area contributed by atoms with Gasteiger partial charge in [0.2, 0.25) is 5.95 Å². The SMILES string of the molecule is COc1cc(Nc2nc(N[C@@H]3CCCC[C@@H]3N)ncc2C(C)=O)cc(-n2nccn2)c1. The van der Waals surface area contributed by atoms with Crippen LogP contribution < -0.4 is 21.1 Å². The third-order valence-corrected chi connectivity index (χ3v) is 5.34. The second-order valence-electron chi connectivity index (χ2n) is 7.57. The molecule has 1 aliphatic rings. The number of anilines is 3. The van der Waals surface area contributed by atoms with E-state index in [1.54, 1.807) is 19.5 Å². The van der Waals surface area contributed by atoms with Gasteiger partial charge >= 0.3 is 0 Å². The lowest BCUT2D eigenvalue weighted by molar-refractivity contribution is 0.101. The van der Waals surface area contributed by atoms with Crippen molar-refractivity contribution in [3.8, 4) is 11.4 Å². The predicted octanol–water partition coefficient (Wildman–Crippen LogP) is 2.69. The Bertz CT molecular complexity index is 1050. The third kappa shape index (κ3) is 4.80. The Morgan fingerprint density at radius 3 is 2.68 bits per heavy atom. The number of benzene rings is 1. The van der Waals surface area contributed by atoms with Crippen molar-refractivity contribution in [1.82, 2.24) is 25.0 Å². The van der Waals surface area contributed by atoms with Crippen molar-refractivity contribution in [2.45, 2.75) is 44.7 Å². The zero-order valence-electron chi connectivity index (χ0n) is 17.6. The molecule has 0 aliphatic heterocycles. The number of ether oxygens (including phenoxy) is 1. The van der Waals surface area contributed by atoms with E-state index < -0.39 is 0 Å². The van der Waals surface area contributed by atoms with E-state index in [2.05, 4.69) is 30.8 Å². The van der Waals surface area contributed by atoms with Crippen LogP contribution in [0.3, 0.4) is 0 Å². The number of nitrogens with zero attached hydrogens (tertiary/aromatic N) is 5. The standard InChI is InChI=1S/C21H26N8O2/c1-13(30)17-12-23-21(27-19-6-4-3-5-18(19)22)28-20(17)26-14-9-15(11-16(10-14)31-2)29-24-7-8-25-29/h7-12,18-19H,3-6,22H2,1-2H3,(H2,23,26,27,28)/t18-,19+/m0/s1. The number of nitrogens with one attached hydrogen (secondary N) is 2. The van der Waals surface area contributed by atoms with Crippen LogP contribution in [0.2, 0.25) is 0 Å². The van der Waals surface area contributed by atoms with E-state index in [1.165, 1.54) is 17.9 Å². The Morgan fingerprint density at radius 2 is 1.97 bits per heavy atom. The highest BCUT2D eigenvalue weighted by atomic mass is 16.5.